The Morgan fingerprint density at radius 1 is 1.05 bits per heavy atom. The van der Waals surface area contributed by atoms with Gasteiger partial charge in [-0.3, -0.25) is 0 Å². The monoisotopic (exact) mass is 265 g/mol. The van der Waals surface area contributed by atoms with Crippen LogP contribution in [0.1, 0.15) is 11.1 Å². The highest BCUT2D eigenvalue weighted by atomic mass is 16.5. The molecule has 1 aromatic heterocycles. The summed E-state index contributed by atoms with van der Waals surface area (Å²) in [6.07, 6.45) is 0. The van der Waals surface area contributed by atoms with Crippen molar-refractivity contribution in [2.24, 2.45) is 0 Å². The normalized spacial score (nSPS) is 10.7. The van der Waals surface area contributed by atoms with Gasteiger partial charge in [0, 0.05) is 5.56 Å². The van der Waals surface area contributed by atoms with Crippen LogP contribution in [0.5, 0.6) is 0 Å². The Kier molecular flexibility index (Phi) is 3.21. The Labute approximate surface area is 117 Å². The topological polar surface area (TPSA) is 53.7 Å². The van der Waals surface area contributed by atoms with Crippen LogP contribution in [0.2, 0.25) is 0 Å². The highest BCUT2D eigenvalue weighted by Crippen LogP contribution is 2.26. The van der Waals surface area contributed by atoms with Crippen LogP contribution in [-0.2, 0) is 6.54 Å². The average molecular weight is 265 g/mol. The highest BCUT2D eigenvalue weighted by molar-refractivity contribution is 5.67. The van der Waals surface area contributed by atoms with Crippen molar-refractivity contribution >= 4 is 5.88 Å². The van der Waals surface area contributed by atoms with E-state index in [0.29, 0.717) is 12.2 Å². The van der Waals surface area contributed by atoms with Gasteiger partial charge in [0.2, 0.25) is 6.54 Å². The molecule has 0 radical (unpaired) electrons. The van der Waals surface area contributed by atoms with Crippen LogP contribution in [0.4, 0.5) is 5.88 Å². The number of aromatic nitrogens is 2. The molecule has 1 N–H and O–H groups in total. The minimum Gasteiger partial charge on any atom is -0.660 e. The van der Waals surface area contributed by atoms with E-state index in [2.05, 4.69) is 5.27 Å². The first-order chi connectivity index (χ1) is 9.74. The number of rotatable bonds is 3. The van der Waals surface area contributed by atoms with Crippen molar-refractivity contribution in [2.75, 3.05) is 0 Å². The number of nitrogens with one attached hydrogen (secondary N) is 1. The van der Waals surface area contributed by atoms with E-state index in [0.717, 1.165) is 11.1 Å². The quantitative estimate of drug-likeness (QED) is 0.678. The molecule has 0 fully saturated rings. The number of nitrogens with zero attached hydrogens (tertiary/aromatic N) is 2. The summed E-state index contributed by atoms with van der Waals surface area (Å²) in [5, 5.41) is 3.96. The van der Waals surface area contributed by atoms with Crippen LogP contribution < -0.4 is 4.68 Å². The van der Waals surface area contributed by atoms with E-state index in [1.807, 2.05) is 61.5 Å². The molecule has 1 heterocycles. The second-order valence-corrected chi connectivity index (χ2v) is 4.76. The lowest BCUT2D eigenvalue weighted by molar-refractivity contribution is -0.745. The van der Waals surface area contributed by atoms with Crippen molar-refractivity contribution in [2.45, 2.75) is 13.5 Å². The third-order valence-electron chi connectivity index (χ3n) is 3.20. The van der Waals surface area contributed by atoms with Crippen LogP contribution in [0.3, 0.4) is 0 Å². The fourth-order valence-corrected chi connectivity index (χ4v) is 2.15. The second kappa shape index (κ2) is 5.17. The Balaban J connectivity index is 1.99. The van der Waals surface area contributed by atoms with Gasteiger partial charge in [0.05, 0.1) is 5.56 Å². The maximum atomic E-state index is 7.90. The molecule has 20 heavy (non-hydrogen) atoms. The maximum Gasteiger partial charge on any atom is 0.265 e. The smallest absolute Gasteiger partial charge is 0.265 e. The van der Waals surface area contributed by atoms with Gasteiger partial charge in [-0.05, 0) is 23.7 Å². The van der Waals surface area contributed by atoms with Crippen LogP contribution in [0.15, 0.2) is 59.1 Å². The first-order valence-electron chi connectivity index (χ1n) is 6.46. The molecule has 0 saturated heterocycles. The predicted octanol–water partition coefficient (Wildman–Crippen LogP) is 3.67. The van der Waals surface area contributed by atoms with E-state index in [-0.39, 0.29) is 5.88 Å². The lowest BCUT2D eigenvalue weighted by atomic mass is 10.1. The van der Waals surface area contributed by atoms with Gasteiger partial charge < -0.3 is 10.3 Å². The van der Waals surface area contributed by atoms with E-state index in [9.17, 15) is 0 Å². The van der Waals surface area contributed by atoms with Crippen molar-refractivity contribution in [3.8, 4) is 11.3 Å². The molecule has 0 saturated carbocycles. The largest absolute Gasteiger partial charge is 0.660 e. The Morgan fingerprint density at radius 2 is 1.75 bits per heavy atom. The van der Waals surface area contributed by atoms with Gasteiger partial charge in [-0.15, -0.1) is 0 Å². The molecule has 2 aromatic carbocycles. The van der Waals surface area contributed by atoms with E-state index < -0.39 is 0 Å². The Hall–Kier alpha value is -2.62. The van der Waals surface area contributed by atoms with E-state index in [1.165, 1.54) is 5.56 Å². The minimum atomic E-state index is 0.0878. The van der Waals surface area contributed by atoms with Crippen LogP contribution in [-0.4, -0.2) is 5.27 Å². The zero-order valence-corrected chi connectivity index (χ0v) is 11.2. The fourth-order valence-electron chi connectivity index (χ4n) is 2.15. The zero-order chi connectivity index (χ0) is 13.9. The van der Waals surface area contributed by atoms with Crippen LogP contribution in [0, 0.1) is 6.92 Å². The summed E-state index contributed by atoms with van der Waals surface area (Å²) in [4.78, 5) is 0. The summed E-state index contributed by atoms with van der Waals surface area (Å²) < 4.78 is 6.76. The number of hydrogen-bond donors (Lipinski definition) is 0. The molecule has 4 nitrogen and oxygen atoms in total. The molecule has 0 aliphatic rings. The van der Waals surface area contributed by atoms with E-state index >= 15 is 0 Å². The zero-order valence-electron chi connectivity index (χ0n) is 11.2. The molecule has 3 rings (SSSR count). The molecule has 0 unspecified atom stereocenters. The second-order valence-electron chi connectivity index (χ2n) is 4.76. The number of benzene rings is 2. The van der Waals surface area contributed by atoms with Gasteiger partial charge in [-0.2, -0.15) is 0 Å². The SMILES string of the molecule is Cc1ccc(-c2c([NH-])on[n+]2Cc2ccccc2)cc1. The van der Waals surface area contributed by atoms with Crippen LogP contribution >= 0.6 is 0 Å². The molecule has 0 atom stereocenters. The summed E-state index contributed by atoms with van der Waals surface area (Å²) in [7, 11) is 0. The summed E-state index contributed by atoms with van der Waals surface area (Å²) >= 11 is 0. The Bertz CT molecular complexity index is 702. The summed E-state index contributed by atoms with van der Waals surface area (Å²) in [5.41, 5.74) is 11.9. The fraction of sp³-hybridized carbons (Fsp3) is 0.125. The third kappa shape index (κ3) is 2.40. The van der Waals surface area contributed by atoms with Crippen molar-refractivity contribution < 1.29 is 9.20 Å². The summed E-state index contributed by atoms with van der Waals surface area (Å²) in [5.74, 6) is 0.0878. The lowest BCUT2D eigenvalue weighted by Crippen LogP contribution is -2.37. The number of hydrogen-bond acceptors (Lipinski definition) is 2. The average Bonchev–Trinajstić information content (AvgIpc) is 2.82. The summed E-state index contributed by atoms with van der Waals surface area (Å²) in [6.45, 7) is 2.63. The van der Waals surface area contributed by atoms with E-state index in [1.54, 1.807) is 4.68 Å². The van der Waals surface area contributed by atoms with Gasteiger partial charge in [0.15, 0.2) is 5.27 Å². The van der Waals surface area contributed by atoms with Gasteiger partial charge >= 0.3 is 0 Å². The first kappa shape index (κ1) is 12.4. The molecular formula is C16H15N3O. The molecule has 0 bridgehead atoms. The van der Waals surface area contributed by atoms with Gasteiger partial charge in [0.25, 0.3) is 5.69 Å². The molecule has 0 aliphatic heterocycles. The van der Waals surface area contributed by atoms with Gasteiger partial charge in [-0.25, -0.2) is 0 Å². The van der Waals surface area contributed by atoms with Crippen molar-refractivity contribution in [3.05, 3.63) is 71.5 Å². The molecule has 0 spiro atoms. The number of aryl methyl sites for hydroxylation is 1. The molecule has 4 heteroatoms. The minimum absolute atomic E-state index is 0.0878. The lowest BCUT2D eigenvalue weighted by Gasteiger charge is -2.00. The van der Waals surface area contributed by atoms with Crippen molar-refractivity contribution in [1.82, 2.24) is 5.27 Å². The molecule has 3 aromatic rings. The highest BCUT2D eigenvalue weighted by Gasteiger charge is 2.20. The first-order valence-corrected chi connectivity index (χ1v) is 6.46. The molecule has 100 valence electrons. The molecular weight excluding hydrogens is 250 g/mol. The predicted molar refractivity (Wildman–Crippen MR) is 76.4 cm³/mol. The standard InChI is InChI=1S/C16H15N3O/c1-12-7-9-14(10-8-12)15-16(17)20-18-19(15)11-13-5-3-2-4-6-13/h2-10,17H,11H2,1H3. The maximum absolute atomic E-state index is 7.90. The van der Waals surface area contributed by atoms with Crippen molar-refractivity contribution in [1.29, 1.82) is 0 Å². The third-order valence-corrected chi connectivity index (χ3v) is 3.20. The Morgan fingerprint density at radius 3 is 2.45 bits per heavy atom. The molecule has 0 amide bonds. The van der Waals surface area contributed by atoms with E-state index in [4.69, 9.17) is 10.3 Å². The van der Waals surface area contributed by atoms with Gasteiger partial charge in [0.1, 0.15) is 5.88 Å². The van der Waals surface area contributed by atoms with Gasteiger partial charge in [-0.1, -0.05) is 48.0 Å². The van der Waals surface area contributed by atoms with Crippen molar-refractivity contribution in [3.63, 3.8) is 0 Å². The van der Waals surface area contributed by atoms with Crippen LogP contribution in [0.25, 0.3) is 17.0 Å². The summed E-state index contributed by atoms with van der Waals surface area (Å²) in [6, 6.07) is 18.0. The molecule has 0 aliphatic carbocycles.